The van der Waals surface area contributed by atoms with Gasteiger partial charge >= 0.3 is 11.9 Å². The van der Waals surface area contributed by atoms with E-state index in [1.165, 1.54) is 25.3 Å². The summed E-state index contributed by atoms with van der Waals surface area (Å²) in [5.41, 5.74) is 1.65. The van der Waals surface area contributed by atoms with E-state index in [1.54, 1.807) is 25.1 Å². The second kappa shape index (κ2) is 11.0. The number of fused-ring (bicyclic) bond motifs is 1. The third-order valence-electron chi connectivity index (χ3n) is 6.71. The summed E-state index contributed by atoms with van der Waals surface area (Å²) < 4.78 is 16.5. The Morgan fingerprint density at radius 2 is 2.07 bits per heavy atom. The van der Waals surface area contributed by atoms with E-state index in [9.17, 15) is 24.6 Å². The van der Waals surface area contributed by atoms with Crippen LogP contribution in [0, 0.1) is 6.92 Å². The van der Waals surface area contributed by atoms with Crippen molar-refractivity contribution in [2.24, 2.45) is 0 Å². The Bertz CT molecular complexity index is 1650. The minimum absolute atomic E-state index is 0.0120. The first-order valence-corrected chi connectivity index (χ1v) is 14.1. The van der Waals surface area contributed by atoms with Gasteiger partial charge in [-0.25, -0.2) is 9.78 Å². The molecule has 212 valence electrons. The monoisotopic (exact) mass is 640 g/mol. The molecule has 0 radical (unpaired) electrons. The van der Waals surface area contributed by atoms with Gasteiger partial charge in [0, 0.05) is 12.0 Å². The lowest BCUT2D eigenvalue weighted by molar-refractivity contribution is -0.132. The number of amides is 1. The van der Waals surface area contributed by atoms with E-state index in [2.05, 4.69) is 27.5 Å². The van der Waals surface area contributed by atoms with Crippen LogP contribution in [0.3, 0.4) is 0 Å². The minimum Gasteiger partial charge on any atom is -0.507 e. The Labute approximate surface area is 247 Å². The molecule has 2 aliphatic rings. The molecule has 12 heteroatoms. The molecule has 1 aromatic heterocycles. The Morgan fingerprint density at radius 3 is 2.78 bits per heavy atom. The SMILES string of the molecule is C=CCOC(=O)c1sc(N2C(=O)C(=O)/C(=C(\O)c3ccc4c(c3)CC(C)O4)C2c2cc(Br)c(O)c(OC)c2)nc1C. The maximum atomic E-state index is 13.6. The van der Waals surface area contributed by atoms with Crippen LogP contribution in [0.15, 0.2) is 53.0 Å². The van der Waals surface area contributed by atoms with Crippen molar-refractivity contribution in [2.75, 3.05) is 18.6 Å². The van der Waals surface area contributed by atoms with Crippen molar-refractivity contribution in [3.8, 4) is 17.2 Å². The number of carbonyl (C=O) groups is 3. The van der Waals surface area contributed by atoms with E-state index in [-0.39, 0.29) is 50.0 Å². The number of phenols is 1. The lowest BCUT2D eigenvalue weighted by atomic mass is 9.94. The van der Waals surface area contributed by atoms with E-state index < -0.39 is 23.7 Å². The zero-order valence-electron chi connectivity index (χ0n) is 22.3. The molecule has 1 fully saturated rings. The Morgan fingerprint density at radius 1 is 1.32 bits per heavy atom. The van der Waals surface area contributed by atoms with Crippen LogP contribution in [0.4, 0.5) is 5.13 Å². The Balaban J connectivity index is 1.70. The number of aromatic nitrogens is 1. The number of halogens is 1. The van der Waals surface area contributed by atoms with Crippen molar-refractivity contribution in [1.82, 2.24) is 4.98 Å². The van der Waals surface area contributed by atoms with Crippen LogP contribution in [0.1, 0.15) is 45.0 Å². The van der Waals surface area contributed by atoms with Crippen molar-refractivity contribution in [2.45, 2.75) is 32.4 Å². The quantitative estimate of drug-likeness (QED) is 0.117. The topological polar surface area (TPSA) is 135 Å². The van der Waals surface area contributed by atoms with E-state index in [1.807, 2.05) is 6.92 Å². The molecule has 2 N–H and O–H groups in total. The number of ketones is 1. The lowest BCUT2D eigenvalue weighted by Crippen LogP contribution is -2.29. The first kappa shape index (κ1) is 28.4. The van der Waals surface area contributed by atoms with Gasteiger partial charge in [-0.15, -0.1) is 0 Å². The second-order valence-corrected chi connectivity index (χ2v) is 11.3. The number of ether oxygens (including phenoxy) is 3. The molecule has 1 saturated heterocycles. The van der Waals surface area contributed by atoms with Gasteiger partial charge in [-0.1, -0.05) is 24.0 Å². The predicted molar refractivity (Wildman–Crippen MR) is 155 cm³/mol. The average molecular weight is 641 g/mol. The number of anilines is 1. The van der Waals surface area contributed by atoms with Gasteiger partial charge in [0.15, 0.2) is 16.6 Å². The number of aromatic hydroxyl groups is 1. The fourth-order valence-corrected chi connectivity index (χ4v) is 6.30. The summed E-state index contributed by atoms with van der Waals surface area (Å²) in [5.74, 6) is -2.34. The molecule has 3 heterocycles. The number of rotatable bonds is 7. The van der Waals surface area contributed by atoms with Crippen LogP contribution >= 0.6 is 27.3 Å². The summed E-state index contributed by atoms with van der Waals surface area (Å²) in [7, 11) is 1.36. The molecule has 3 aromatic rings. The van der Waals surface area contributed by atoms with Gasteiger partial charge in [0.25, 0.3) is 5.78 Å². The number of nitrogens with zero attached hydrogens (tertiary/aromatic N) is 2. The maximum absolute atomic E-state index is 13.6. The van der Waals surface area contributed by atoms with Crippen LogP contribution in [0.2, 0.25) is 0 Å². The van der Waals surface area contributed by atoms with Crippen LogP contribution < -0.4 is 14.4 Å². The van der Waals surface area contributed by atoms with Gasteiger partial charge < -0.3 is 24.4 Å². The summed E-state index contributed by atoms with van der Waals surface area (Å²) in [4.78, 5) is 45.5. The van der Waals surface area contributed by atoms with Crippen LogP contribution in [0.5, 0.6) is 17.2 Å². The molecule has 0 bridgehead atoms. The lowest BCUT2D eigenvalue weighted by Gasteiger charge is -2.24. The smallest absolute Gasteiger partial charge is 0.350 e. The molecule has 2 unspecified atom stereocenters. The number of Topliss-reactive ketones (excluding diaryl/α,β-unsaturated/α-hetero) is 1. The number of aryl methyl sites for hydroxylation is 1. The number of aliphatic hydroxyl groups is 1. The molecular weight excluding hydrogens is 616 g/mol. The van der Waals surface area contributed by atoms with Gasteiger partial charge in [0.1, 0.15) is 29.1 Å². The summed E-state index contributed by atoms with van der Waals surface area (Å²) in [5, 5.41) is 22.0. The fourth-order valence-electron chi connectivity index (χ4n) is 4.85. The van der Waals surface area contributed by atoms with Crippen molar-refractivity contribution < 1.29 is 38.8 Å². The van der Waals surface area contributed by atoms with Crippen molar-refractivity contribution in [1.29, 1.82) is 0 Å². The molecule has 41 heavy (non-hydrogen) atoms. The standard InChI is InChI=1S/C29H25BrN2O8S/c1-5-8-39-28(37)26-14(3)31-29(41-26)32-22(17-11-18(30)24(34)20(12-17)38-4)21(25(35)27(32)36)23(33)15-6-7-19-16(10-15)9-13(2)40-19/h5-7,10-13,22,33-34H,1,8-9H2,2-4H3/b23-21-. The van der Waals surface area contributed by atoms with Gasteiger partial charge in [0.05, 0.1) is 28.9 Å². The number of methoxy groups -OCH3 is 1. The number of hydrogen-bond acceptors (Lipinski definition) is 10. The van der Waals surface area contributed by atoms with Gasteiger partial charge in [-0.05, 0) is 71.2 Å². The largest absolute Gasteiger partial charge is 0.507 e. The number of aliphatic hydroxyl groups excluding tert-OH is 1. The van der Waals surface area contributed by atoms with Gasteiger partial charge in [0.2, 0.25) is 0 Å². The molecule has 0 spiro atoms. The molecule has 2 aliphatic heterocycles. The van der Waals surface area contributed by atoms with Gasteiger partial charge in [-0.3, -0.25) is 14.5 Å². The highest BCUT2D eigenvalue weighted by Gasteiger charge is 2.49. The van der Waals surface area contributed by atoms with Crippen molar-refractivity contribution in [3.05, 3.63) is 80.3 Å². The molecule has 10 nitrogen and oxygen atoms in total. The molecular formula is C29H25BrN2O8S. The van der Waals surface area contributed by atoms with Gasteiger partial charge in [-0.2, -0.15) is 0 Å². The highest BCUT2D eigenvalue weighted by molar-refractivity contribution is 9.10. The zero-order valence-corrected chi connectivity index (χ0v) is 24.7. The van der Waals surface area contributed by atoms with Crippen molar-refractivity contribution in [3.63, 3.8) is 0 Å². The van der Waals surface area contributed by atoms with E-state index >= 15 is 0 Å². The minimum atomic E-state index is -1.17. The number of esters is 1. The third-order valence-corrected chi connectivity index (χ3v) is 8.45. The average Bonchev–Trinajstić information content (AvgIpc) is 3.60. The van der Waals surface area contributed by atoms with E-state index in [0.717, 1.165) is 21.8 Å². The maximum Gasteiger partial charge on any atom is 0.350 e. The van der Waals surface area contributed by atoms with Crippen LogP contribution in [-0.2, 0) is 20.7 Å². The molecule has 2 atom stereocenters. The normalized spacial score (nSPS) is 19.2. The summed E-state index contributed by atoms with van der Waals surface area (Å²) >= 11 is 4.18. The Kier molecular flexibility index (Phi) is 7.62. The number of hydrogen-bond donors (Lipinski definition) is 2. The Hall–Kier alpha value is -4.16. The molecule has 0 aliphatic carbocycles. The molecule has 2 aromatic carbocycles. The number of phenolic OH excluding ortho intramolecular Hbond substituents is 1. The second-order valence-electron chi connectivity index (χ2n) is 9.48. The van der Waals surface area contributed by atoms with Crippen molar-refractivity contribution >= 4 is 55.8 Å². The number of thiazole rings is 1. The predicted octanol–water partition coefficient (Wildman–Crippen LogP) is 5.22. The molecule has 1 amide bonds. The number of benzene rings is 2. The van der Waals surface area contributed by atoms with Crippen LogP contribution in [-0.4, -0.2) is 52.7 Å². The third kappa shape index (κ3) is 4.97. The first-order chi connectivity index (χ1) is 19.5. The highest BCUT2D eigenvalue weighted by atomic mass is 79.9. The van der Waals surface area contributed by atoms with E-state index in [0.29, 0.717) is 29.0 Å². The fraction of sp³-hybridized carbons (Fsp3) is 0.241. The van der Waals surface area contributed by atoms with Crippen LogP contribution in [0.25, 0.3) is 5.76 Å². The molecule has 5 rings (SSSR count). The van der Waals surface area contributed by atoms with E-state index in [4.69, 9.17) is 14.2 Å². The first-order valence-electron chi connectivity index (χ1n) is 12.5. The summed E-state index contributed by atoms with van der Waals surface area (Å²) in [6.07, 6.45) is 2.02. The summed E-state index contributed by atoms with van der Waals surface area (Å²) in [6.45, 7) is 7.04. The zero-order chi connectivity index (χ0) is 29.6. The molecule has 0 saturated carbocycles. The highest BCUT2D eigenvalue weighted by Crippen LogP contribution is 2.47. The number of carbonyl (C=O) groups excluding carboxylic acids is 3. The summed E-state index contributed by atoms with van der Waals surface area (Å²) in [6, 6.07) is 6.87.